The van der Waals surface area contributed by atoms with Gasteiger partial charge >= 0.3 is 0 Å². The second-order valence-corrected chi connectivity index (χ2v) is 10.3. The molecule has 0 heterocycles. The maximum absolute atomic E-state index is 11.2. The van der Waals surface area contributed by atoms with Crippen molar-refractivity contribution in [1.82, 2.24) is 0 Å². The number of carbonyl (C=O) groups is 6. The van der Waals surface area contributed by atoms with Gasteiger partial charge in [-0.3, -0.25) is 28.8 Å². The SMILES string of the molecule is CC(=O)C1=C(O)CC(C)CC1=O.CC(=O)C1=C(O)CC(C)CC1O.CC(=O)C1C(=O)CC(C)CC1=O. The first-order chi connectivity index (χ1) is 16.6. The van der Waals surface area contributed by atoms with Gasteiger partial charge < -0.3 is 15.3 Å². The maximum atomic E-state index is 11.2. The van der Waals surface area contributed by atoms with Crippen LogP contribution < -0.4 is 0 Å². The number of aliphatic hydroxyl groups excluding tert-OH is 3. The van der Waals surface area contributed by atoms with Crippen LogP contribution in [0, 0.1) is 23.7 Å². The van der Waals surface area contributed by atoms with Gasteiger partial charge in [-0.1, -0.05) is 20.8 Å². The van der Waals surface area contributed by atoms with Crippen LogP contribution >= 0.6 is 0 Å². The van der Waals surface area contributed by atoms with Gasteiger partial charge in [0.1, 0.15) is 23.2 Å². The Kier molecular flexibility index (Phi) is 11.6. The average molecular weight is 507 g/mol. The summed E-state index contributed by atoms with van der Waals surface area (Å²) in [5.74, 6) is -1.89. The van der Waals surface area contributed by atoms with Crippen LogP contribution in [0.2, 0.25) is 0 Å². The molecule has 0 aromatic rings. The number of rotatable bonds is 3. The van der Waals surface area contributed by atoms with Gasteiger partial charge in [-0.2, -0.15) is 0 Å². The fraction of sp³-hybridized carbons (Fsp3) is 0.630. The largest absolute Gasteiger partial charge is 0.512 e. The Bertz CT molecular complexity index is 967. The maximum Gasteiger partial charge on any atom is 0.170 e. The van der Waals surface area contributed by atoms with Gasteiger partial charge in [-0.15, -0.1) is 0 Å². The number of ketones is 6. The Labute approximate surface area is 211 Å². The van der Waals surface area contributed by atoms with E-state index in [1.54, 1.807) is 0 Å². The molecular formula is C27H38O9. The van der Waals surface area contributed by atoms with Crippen LogP contribution in [-0.4, -0.2) is 56.1 Å². The second-order valence-electron chi connectivity index (χ2n) is 10.3. The summed E-state index contributed by atoms with van der Waals surface area (Å²) in [6, 6.07) is 0. The summed E-state index contributed by atoms with van der Waals surface area (Å²) >= 11 is 0. The Morgan fingerprint density at radius 3 is 1.56 bits per heavy atom. The van der Waals surface area contributed by atoms with Gasteiger partial charge in [0, 0.05) is 32.1 Å². The number of aliphatic hydroxyl groups is 3. The lowest BCUT2D eigenvalue weighted by Gasteiger charge is -2.24. The van der Waals surface area contributed by atoms with Gasteiger partial charge in [-0.05, 0) is 44.9 Å². The lowest BCUT2D eigenvalue weighted by atomic mass is 9.79. The van der Waals surface area contributed by atoms with Crippen molar-refractivity contribution in [2.45, 2.75) is 86.2 Å². The highest BCUT2D eigenvalue weighted by molar-refractivity contribution is 6.20. The van der Waals surface area contributed by atoms with Crippen molar-refractivity contribution in [1.29, 1.82) is 0 Å². The Morgan fingerprint density at radius 2 is 1.17 bits per heavy atom. The standard InChI is InChI=1S/C9H14O3.2C9H12O3/c3*1-5-3-7(11)9(6(2)10)8(12)4-5/h5,7,11-12H,3-4H2,1-2H3;5,11H,3-4H2,1-2H3;5,9H,3-4H2,1-2H3. The highest BCUT2D eigenvalue weighted by atomic mass is 16.3. The first-order valence-electron chi connectivity index (χ1n) is 12.2. The Balaban J connectivity index is 0.000000270. The van der Waals surface area contributed by atoms with Crippen molar-refractivity contribution in [2.75, 3.05) is 0 Å². The zero-order valence-electron chi connectivity index (χ0n) is 21.9. The van der Waals surface area contributed by atoms with Crippen LogP contribution in [0.4, 0.5) is 0 Å². The topological polar surface area (TPSA) is 163 Å². The van der Waals surface area contributed by atoms with E-state index in [-0.39, 0.29) is 75.1 Å². The van der Waals surface area contributed by atoms with Crippen LogP contribution in [0.25, 0.3) is 0 Å². The molecule has 36 heavy (non-hydrogen) atoms. The minimum Gasteiger partial charge on any atom is -0.512 e. The fourth-order valence-electron chi connectivity index (χ4n) is 4.76. The summed E-state index contributed by atoms with van der Waals surface area (Å²) in [4.78, 5) is 66.4. The van der Waals surface area contributed by atoms with Crippen molar-refractivity contribution >= 4 is 34.7 Å². The lowest BCUT2D eigenvalue weighted by Crippen LogP contribution is -2.36. The molecule has 0 saturated heterocycles. The van der Waals surface area contributed by atoms with Gasteiger partial charge in [0.2, 0.25) is 0 Å². The van der Waals surface area contributed by atoms with E-state index in [2.05, 4.69) is 0 Å². The molecule has 3 unspecified atom stereocenters. The highest BCUT2D eigenvalue weighted by Gasteiger charge is 2.36. The summed E-state index contributed by atoms with van der Waals surface area (Å²) in [5.41, 5.74) is 0.209. The molecule has 200 valence electrons. The predicted molar refractivity (Wildman–Crippen MR) is 131 cm³/mol. The molecule has 0 aliphatic heterocycles. The van der Waals surface area contributed by atoms with Crippen LogP contribution in [-0.2, 0) is 28.8 Å². The Hall–Kier alpha value is -2.94. The molecule has 9 heteroatoms. The molecule has 0 amide bonds. The van der Waals surface area contributed by atoms with Gasteiger partial charge in [0.25, 0.3) is 0 Å². The highest BCUT2D eigenvalue weighted by Crippen LogP contribution is 2.28. The summed E-state index contributed by atoms with van der Waals surface area (Å²) in [7, 11) is 0. The first-order valence-corrected chi connectivity index (χ1v) is 12.2. The van der Waals surface area contributed by atoms with Crippen LogP contribution in [0.3, 0.4) is 0 Å². The van der Waals surface area contributed by atoms with Crippen LogP contribution in [0.5, 0.6) is 0 Å². The molecule has 0 spiro atoms. The van der Waals surface area contributed by atoms with Crippen molar-refractivity contribution in [3.8, 4) is 0 Å². The van der Waals surface area contributed by atoms with E-state index >= 15 is 0 Å². The molecule has 3 aliphatic carbocycles. The van der Waals surface area contributed by atoms with Gasteiger partial charge in [0.05, 0.1) is 17.3 Å². The van der Waals surface area contributed by atoms with Crippen molar-refractivity contribution < 1.29 is 44.1 Å². The van der Waals surface area contributed by atoms with Crippen molar-refractivity contribution in [3.05, 3.63) is 22.7 Å². The first kappa shape index (κ1) is 31.1. The molecule has 0 aromatic carbocycles. The van der Waals surface area contributed by atoms with Gasteiger partial charge in [0.15, 0.2) is 28.9 Å². The van der Waals surface area contributed by atoms with Crippen molar-refractivity contribution in [3.63, 3.8) is 0 Å². The molecular weight excluding hydrogens is 468 g/mol. The van der Waals surface area contributed by atoms with Gasteiger partial charge in [-0.25, -0.2) is 0 Å². The number of Topliss-reactive ketones (excluding diaryl/α,β-unsaturated/α-hetero) is 6. The van der Waals surface area contributed by atoms with E-state index in [9.17, 15) is 44.1 Å². The third kappa shape index (κ3) is 8.62. The normalized spacial score (nSPS) is 28.5. The summed E-state index contributed by atoms with van der Waals surface area (Å²) in [5, 5.41) is 28.1. The molecule has 0 bridgehead atoms. The van der Waals surface area contributed by atoms with Crippen LogP contribution in [0.1, 0.15) is 80.1 Å². The molecule has 3 N–H and O–H groups in total. The third-order valence-corrected chi connectivity index (χ3v) is 6.34. The van der Waals surface area contributed by atoms with E-state index < -0.39 is 12.0 Å². The lowest BCUT2D eigenvalue weighted by molar-refractivity contribution is -0.142. The van der Waals surface area contributed by atoms with E-state index in [0.717, 1.165) is 0 Å². The van der Waals surface area contributed by atoms with E-state index in [1.807, 2.05) is 20.8 Å². The third-order valence-electron chi connectivity index (χ3n) is 6.34. The van der Waals surface area contributed by atoms with E-state index in [4.69, 9.17) is 0 Å². The molecule has 3 atom stereocenters. The number of carbonyl (C=O) groups excluding carboxylic acids is 6. The molecule has 1 saturated carbocycles. The number of hydrogen-bond donors (Lipinski definition) is 3. The average Bonchev–Trinajstić information content (AvgIpc) is 2.65. The zero-order chi connectivity index (χ0) is 27.9. The Morgan fingerprint density at radius 1 is 0.694 bits per heavy atom. The molecule has 0 radical (unpaired) electrons. The number of allylic oxidation sites excluding steroid dienone is 3. The fourth-order valence-corrected chi connectivity index (χ4v) is 4.76. The summed E-state index contributed by atoms with van der Waals surface area (Å²) in [6.07, 6.45) is 1.86. The predicted octanol–water partition coefficient (Wildman–Crippen LogP) is 3.32. The molecule has 3 aliphatic rings. The van der Waals surface area contributed by atoms with Crippen molar-refractivity contribution in [2.24, 2.45) is 23.7 Å². The summed E-state index contributed by atoms with van der Waals surface area (Å²) < 4.78 is 0. The number of hydrogen-bond acceptors (Lipinski definition) is 9. The summed E-state index contributed by atoms with van der Waals surface area (Å²) in [6.45, 7) is 9.65. The minimum atomic E-state index is -0.943. The molecule has 9 nitrogen and oxygen atoms in total. The quantitative estimate of drug-likeness (QED) is 0.385. The smallest absolute Gasteiger partial charge is 0.170 e. The molecule has 1 fully saturated rings. The minimum absolute atomic E-state index is 0.00750. The van der Waals surface area contributed by atoms with E-state index in [0.29, 0.717) is 38.5 Å². The monoisotopic (exact) mass is 506 g/mol. The van der Waals surface area contributed by atoms with E-state index in [1.165, 1.54) is 20.8 Å². The molecule has 3 rings (SSSR count). The molecule has 0 aromatic heterocycles. The second kappa shape index (κ2) is 13.4. The zero-order valence-corrected chi connectivity index (χ0v) is 21.9. The van der Waals surface area contributed by atoms with Crippen LogP contribution in [0.15, 0.2) is 22.7 Å².